The molecule has 0 spiro atoms. The number of nitro groups is 1. The van der Waals surface area contributed by atoms with E-state index in [1.807, 2.05) is 7.05 Å². The second kappa shape index (κ2) is 6.15. The monoisotopic (exact) mass is 296 g/mol. The van der Waals surface area contributed by atoms with Crippen LogP contribution in [0.5, 0.6) is 0 Å². The van der Waals surface area contributed by atoms with Crippen molar-refractivity contribution in [3.63, 3.8) is 0 Å². The average molecular weight is 296 g/mol. The zero-order valence-corrected chi connectivity index (χ0v) is 11.9. The van der Waals surface area contributed by atoms with Gasteiger partial charge in [0.2, 0.25) is 0 Å². The normalized spacial score (nSPS) is 16.7. The fraction of sp³-hybridized carbons (Fsp3) is 0.462. The summed E-state index contributed by atoms with van der Waals surface area (Å²) >= 11 is 0. The van der Waals surface area contributed by atoms with Gasteiger partial charge < -0.3 is 4.90 Å². The Balaban J connectivity index is 2.17. The number of nitro benzene ring substituents is 1. The Morgan fingerprint density at radius 1 is 1.33 bits per heavy atom. The number of carbonyl (C=O) groups excluding carboxylic acids is 1. The number of likely N-dealkylation sites (N-methyl/N-ethyl adjacent to an activating group) is 1. The lowest BCUT2D eigenvalue weighted by Gasteiger charge is -2.32. The summed E-state index contributed by atoms with van der Waals surface area (Å²) in [7, 11) is 1.97. The minimum Gasteiger partial charge on any atom is -0.304 e. The van der Waals surface area contributed by atoms with Crippen LogP contribution in [0.4, 0.5) is 10.1 Å². The number of hydrogen-bond donors (Lipinski definition) is 1. The molecule has 1 aliphatic rings. The first-order chi connectivity index (χ1) is 9.88. The van der Waals surface area contributed by atoms with E-state index in [0.29, 0.717) is 13.1 Å². The van der Waals surface area contributed by atoms with E-state index < -0.39 is 16.6 Å². The van der Waals surface area contributed by atoms with Crippen LogP contribution < -0.4 is 5.43 Å². The van der Waals surface area contributed by atoms with Crippen LogP contribution in [0, 0.1) is 22.9 Å². The van der Waals surface area contributed by atoms with Crippen molar-refractivity contribution < 1.29 is 14.1 Å². The molecule has 0 bridgehead atoms. The lowest BCUT2D eigenvalue weighted by Crippen LogP contribution is -2.52. The van der Waals surface area contributed by atoms with Gasteiger partial charge >= 0.3 is 0 Å². The van der Waals surface area contributed by atoms with Gasteiger partial charge in [0, 0.05) is 38.3 Å². The third-order valence-electron chi connectivity index (χ3n) is 3.46. The van der Waals surface area contributed by atoms with Gasteiger partial charge in [-0.1, -0.05) is 0 Å². The maximum atomic E-state index is 14.0. The van der Waals surface area contributed by atoms with Gasteiger partial charge in [0.1, 0.15) is 5.82 Å². The van der Waals surface area contributed by atoms with Gasteiger partial charge in [0.15, 0.2) is 0 Å². The summed E-state index contributed by atoms with van der Waals surface area (Å²) in [6, 6.07) is 2.08. The lowest BCUT2D eigenvalue weighted by molar-refractivity contribution is -0.385. The van der Waals surface area contributed by atoms with Crippen LogP contribution in [0.1, 0.15) is 15.9 Å². The van der Waals surface area contributed by atoms with Gasteiger partial charge in [0.05, 0.1) is 10.5 Å². The molecule has 7 nitrogen and oxygen atoms in total. The molecule has 1 saturated heterocycles. The molecule has 1 N–H and O–H groups in total. The Hall–Kier alpha value is -2.06. The van der Waals surface area contributed by atoms with Crippen LogP contribution in [-0.2, 0) is 0 Å². The number of aryl methyl sites for hydroxylation is 1. The van der Waals surface area contributed by atoms with E-state index in [-0.39, 0.29) is 16.8 Å². The number of halogens is 1. The zero-order valence-electron chi connectivity index (χ0n) is 11.9. The van der Waals surface area contributed by atoms with E-state index >= 15 is 0 Å². The van der Waals surface area contributed by atoms with Crippen molar-refractivity contribution in [3.8, 4) is 0 Å². The highest BCUT2D eigenvalue weighted by atomic mass is 19.1. The molecule has 1 aromatic rings. The number of piperazine rings is 1. The number of amides is 1. The van der Waals surface area contributed by atoms with Crippen LogP contribution >= 0.6 is 0 Å². The van der Waals surface area contributed by atoms with Gasteiger partial charge in [-0.25, -0.2) is 9.40 Å². The fourth-order valence-electron chi connectivity index (χ4n) is 2.14. The van der Waals surface area contributed by atoms with Crippen molar-refractivity contribution in [1.82, 2.24) is 15.3 Å². The smallest absolute Gasteiger partial charge is 0.270 e. The Morgan fingerprint density at radius 3 is 2.52 bits per heavy atom. The highest BCUT2D eigenvalue weighted by Crippen LogP contribution is 2.21. The number of rotatable bonds is 3. The average Bonchev–Trinajstić information content (AvgIpc) is 2.43. The van der Waals surface area contributed by atoms with Gasteiger partial charge in [-0.15, -0.1) is 0 Å². The summed E-state index contributed by atoms with van der Waals surface area (Å²) in [5.41, 5.74) is 2.07. The molecule has 21 heavy (non-hydrogen) atoms. The fourth-order valence-corrected chi connectivity index (χ4v) is 2.14. The van der Waals surface area contributed by atoms with Crippen molar-refractivity contribution in [2.75, 3.05) is 33.2 Å². The highest BCUT2D eigenvalue weighted by Gasteiger charge is 2.22. The molecule has 0 unspecified atom stereocenters. The quantitative estimate of drug-likeness (QED) is 0.663. The summed E-state index contributed by atoms with van der Waals surface area (Å²) in [4.78, 5) is 24.4. The molecule has 1 amide bonds. The second-order valence-electron chi connectivity index (χ2n) is 5.11. The van der Waals surface area contributed by atoms with Crippen molar-refractivity contribution in [3.05, 3.63) is 39.2 Å². The predicted octanol–water partition coefficient (Wildman–Crippen LogP) is 0.935. The summed E-state index contributed by atoms with van der Waals surface area (Å²) < 4.78 is 14.0. The molecule has 1 fully saturated rings. The summed E-state index contributed by atoms with van der Waals surface area (Å²) in [6.45, 7) is 4.22. The number of nitrogens with one attached hydrogen (secondary N) is 1. The number of non-ortho nitro benzene ring substituents is 1. The molecule has 2 rings (SSSR count). The maximum absolute atomic E-state index is 14.0. The van der Waals surface area contributed by atoms with Crippen molar-refractivity contribution in [1.29, 1.82) is 0 Å². The number of hydrogen-bond acceptors (Lipinski definition) is 5. The number of nitrogens with zero attached hydrogens (tertiary/aromatic N) is 3. The van der Waals surface area contributed by atoms with Crippen LogP contribution in [0.15, 0.2) is 12.1 Å². The molecule has 0 atom stereocenters. The first-order valence-electron chi connectivity index (χ1n) is 6.57. The zero-order chi connectivity index (χ0) is 15.6. The third-order valence-corrected chi connectivity index (χ3v) is 3.46. The summed E-state index contributed by atoms with van der Waals surface area (Å²) in [5.74, 6) is -1.39. The predicted molar refractivity (Wildman–Crippen MR) is 74.3 cm³/mol. The summed E-state index contributed by atoms with van der Waals surface area (Å²) in [6.07, 6.45) is 0. The standard InChI is InChI=1S/C13H17FN4O3/c1-9-7-10(18(20)21)8-11(12(9)14)13(19)15-17-5-3-16(2)4-6-17/h7-8H,3-6H2,1-2H3,(H,15,19). The first-order valence-corrected chi connectivity index (χ1v) is 6.57. The second-order valence-corrected chi connectivity index (χ2v) is 5.11. The third kappa shape index (κ3) is 3.53. The van der Waals surface area contributed by atoms with E-state index in [0.717, 1.165) is 25.2 Å². The van der Waals surface area contributed by atoms with Crippen LogP contribution in [0.3, 0.4) is 0 Å². The maximum Gasteiger partial charge on any atom is 0.270 e. The molecule has 1 aromatic carbocycles. The van der Waals surface area contributed by atoms with Gasteiger partial charge in [-0.3, -0.25) is 20.3 Å². The molecule has 8 heteroatoms. The van der Waals surface area contributed by atoms with Crippen molar-refractivity contribution in [2.24, 2.45) is 0 Å². The number of hydrazine groups is 1. The Labute approximate surface area is 121 Å². The number of carbonyl (C=O) groups is 1. The minimum atomic E-state index is -0.729. The summed E-state index contributed by atoms with van der Waals surface area (Å²) in [5, 5.41) is 12.5. The van der Waals surface area contributed by atoms with E-state index in [1.165, 1.54) is 6.92 Å². The molecular formula is C13H17FN4O3. The topological polar surface area (TPSA) is 78.7 Å². The molecule has 0 saturated carbocycles. The van der Waals surface area contributed by atoms with E-state index in [4.69, 9.17) is 0 Å². The Morgan fingerprint density at radius 2 is 1.95 bits per heavy atom. The van der Waals surface area contributed by atoms with E-state index in [9.17, 15) is 19.3 Å². The van der Waals surface area contributed by atoms with Gasteiger partial charge in [-0.05, 0) is 19.5 Å². The van der Waals surface area contributed by atoms with Crippen molar-refractivity contribution >= 4 is 11.6 Å². The van der Waals surface area contributed by atoms with Gasteiger partial charge in [-0.2, -0.15) is 0 Å². The molecule has 0 radical (unpaired) electrons. The SMILES string of the molecule is Cc1cc([N+](=O)[O-])cc(C(=O)NN2CCN(C)CC2)c1F. The highest BCUT2D eigenvalue weighted by molar-refractivity contribution is 5.95. The van der Waals surface area contributed by atoms with E-state index in [1.54, 1.807) is 5.01 Å². The Kier molecular flexibility index (Phi) is 4.49. The molecule has 0 aliphatic carbocycles. The van der Waals surface area contributed by atoms with Crippen LogP contribution in [0.25, 0.3) is 0 Å². The molecular weight excluding hydrogens is 279 g/mol. The lowest BCUT2D eigenvalue weighted by atomic mass is 10.1. The number of benzene rings is 1. The molecule has 1 heterocycles. The van der Waals surface area contributed by atoms with Crippen molar-refractivity contribution in [2.45, 2.75) is 6.92 Å². The molecule has 1 aliphatic heterocycles. The largest absolute Gasteiger partial charge is 0.304 e. The Bertz CT molecular complexity index is 571. The first kappa shape index (κ1) is 15.3. The van der Waals surface area contributed by atoms with Crippen LogP contribution in [-0.4, -0.2) is 54.0 Å². The van der Waals surface area contributed by atoms with E-state index in [2.05, 4.69) is 10.3 Å². The molecule has 114 valence electrons. The minimum absolute atomic E-state index is 0.0766. The molecule has 0 aromatic heterocycles. The van der Waals surface area contributed by atoms with Crippen LogP contribution in [0.2, 0.25) is 0 Å². The van der Waals surface area contributed by atoms with Gasteiger partial charge in [0.25, 0.3) is 11.6 Å².